The molecule has 1 aliphatic rings. The molecular formula is C25H22FN7O. The lowest BCUT2D eigenvalue weighted by Crippen LogP contribution is -2.17. The first-order valence-corrected chi connectivity index (χ1v) is 10.8. The zero-order valence-corrected chi connectivity index (χ0v) is 18.2. The molecule has 0 amide bonds. The Balaban J connectivity index is 1.45. The Morgan fingerprint density at radius 3 is 2.65 bits per heavy atom. The van der Waals surface area contributed by atoms with Crippen molar-refractivity contribution in [3.63, 3.8) is 0 Å². The second-order valence-electron chi connectivity index (χ2n) is 7.70. The molecule has 0 fully saturated rings. The smallest absolute Gasteiger partial charge is 0.181 e. The van der Waals surface area contributed by atoms with Crippen LogP contribution in [0.5, 0.6) is 0 Å². The molecule has 2 aromatic carbocycles. The summed E-state index contributed by atoms with van der Waals surface area (Å²) < 4.78 is 21.0. The summed E-state index contributed by atoms with van der Waals surface area (Å²) in [4.78, 5) is 9.00. The molecule has 9 heteroatoms. The summed E-state index contributed by atoms with van der Waals surface area (Å²) in [5.74, 6) is 0.401. The Morgan fingerprint density at radius 1 is 1.03 bits per heavy atom. The summed E-state index contributed by atoms with van der Waals surface area (Å²) in [6.07, 6.45) is 3.73. The van der Waals surface area contributed by atoms with Crippen LogP contribution in [0.4, 0.5) is 4.39 Å². The molecule has 2 aromatic heterocycles. The van der Waals surface area contributed by atoms with Crippen molar-refractivity contribution in [2.45, 2.75) is 19.5 Å². The third kappa shape index (κ3) is 4.63. The van der Waals surface area contributed by atoms with E-state index in [9.17, 15) is 4.39 Å². The SMILES string of the molecule is NC1=C(NCc2ccccc2)CC=NC(c2cc(-c3ccon3)n(Cc3ccccc3F)n2)=N1. The fraction of sp³-hybridized carbons (Fsp3) is 0.120. The van der Waals surface area contributed by atoms with Gasteiger partial charge in [0.2, 0.25) is 0 Å². The van der Waals surface area contributed by atoms with E-state index in [1.165, 1.54) is 12.3 Å². The first-order chi connectivity index (χ1) is 16.7. The predicted molar refractivity (Wildman–Crippen MR) is 127 cm³/mol. The molecule has 8 nitrogen and oxygen atoms in total. The van der Waals surface area contributed by atoms with Gasteiger partial charge in [0.05, 0.1) is 17.9 Å². The van der Waals surface area contributed by atoms with Gasteiger partial charge in [-0.2, -0.15) is 5.10 Å². The summed E-state index contributed by atoms with van der Waals surface area (Å²) in [6.45, 7) is 0.838. The lowest BCUT2D eigenvalue weighted by molar-refractivity contribution is 0.421. The molecule has 1 aliphatic heterocycles. The number of halogens is 1. The third-order valence-corrected chi connectivity index (χ3v) is 5.38. The molecule has 3 N–H and O–H groups in total. The number of nitrogens with two attached hydrogens (primary N) is 1. The summed E-state index contributed by atoms with van der Waals surface area (Å²) >= 11 is 0. The minimum atomic E-state index is -0.309. The Labute approximate surface area is 195 Å². The van der Waals surface area contributed by atoms with Crippen LogP contribution in [0, 0.1) is 5.82 Å². The van der Waals surface area contributed by atoms with Crippen molar-refractivity contribution < 1.29 is 8.91 Å². The van der Waals surface area contributed by atoms with Crippen molar-refractivity contribution in [3.05, 3.63) is 107 Å². The fourth-order valence-electron chi connectivity index (χ4n) is 3.61. The van der Waals surface area contributed by atoms with Gasteiger partial charge in [-0.15, -0.1) is 0 Å². The lowest BCUT2D eigenvalue weighted by atomic mass is 10.2. The molecule has 0 spiro atoms. The minimum absolute atomic E-state index is 0.209. The highest BCUT2D eigenvalue weighted by Crippen LogP contribution is 2.22. The van der Waals surface area contributed by atoms with Crippen LogP contribution in [0.1, 0.15) is 23.2 Å². The number of benzene rings is 2. The van der Waals surface area contributed by atoms with E-state index in [4.69, 9.17) is 10.3 Å². The number of nitrogens with zero attached hydrogens (tertiary/aromatic N) is 5. The molecule has 0 saturated heterocycles. The molecule has 0 radical (unpaired) electrons. The number of rotatable bonds is 7. The Morgan fingerprint density at radius 2 is 1.85 bits per heavy atom. The lowest BCUT2D eigenvalue weighted by Gasteiger charge is -2.09. The molecule has 0 saturated carbocycles. The van der Waals surface area contributed by atoms with Crippen LogP contribution in [0.15, 0.2) is 99.0 Å². The van der Waals surface area contributed by atoms with Crippen LogP contribution in [0.25, 0.3) is 11.4 Å². The van der Waals surface area contributed by atoms with E-state index >= 15 is 0 Å². The highest BCUT2D eigenvalue weighted by atomic mass is 19.1. The Bertz CT molecular complexity index is 1370. The highest BCUT2D eigenvalue weighted by molar-refractivity contribution is 6.03. The molecule has 0 atom stereocenters. The Kier molecular flexibility index (Phi) is 5.98. The number of aliphatic imine (C=N–C) groups is 2. The minimum Gasteiger partial charge on any atom is -0.382 e. The van der Waals surface area contributed by atoms with E-state index in [1.807, 2.05) is 30.3 Å². The molecular weight excluding hydrogens is 433 g/mol. The normalized spacial score (nSPS) is 13.6. The van der Waals surface area contributed by atoms with Crippen molar-refractivity contribution in [1.82, 2.24) is 20.3 Å². The fourth-order valence-corrected chi connectivity index (χ4v) is 3.61. The van der Waals surface area contributed by atoms with E-state index in [-0.39, 0.29) is 12.4 Å². The molecule has 170 valence electrons. The van der Waals surface area contributed by atoms with Crippen LogP contribution in [0.2, 0.25) is 0 Å². The number of allylic oxidation sites excluding steroid dienone is 1. The van der Waals surface area contributed by atoms with Crippen molar-refractivity contribution in [1.29, 1.82) is 0 Å². The summed E-state index contributed by atoms with van der Waals surface area (Å²) in [6, 6.07) is 20.1. The highest BCUT2D eigenvalue weighted by Gasteiger charge is 2.18. The molecule has 5 rings (SSSR count). The van der Waals surface area contributed by atoms with E-state index in [2.05, 4.69) is 25.6 Å². The topological polar surface area (TPSA) is 107 Å². The van der Waals surface area contributed by atoms with Gasteiger partial charge in [0, 0.05) is 30.8 Å². The Hall–Kier alpha value is -4.53. The summed E-state index contributed by atoms with van der Waals surface area (Å²) in [7, 11) is 0. The summed E-state index contributed by atoms with van der Waals surface area (Å²) in [5, 5.41) is 12.0. The number of nitrogens with one attached hydrogen (secondary N) is 1. The maximum absolute atomic E-state index is 14.3. The molecule has 0 bridgehead atoms. The van der Waals surface area contributed by atoms with Crippen molar-refractivity contribution in [2.75, 3.05) is 0 Å². The second kappa shape index (κ2) is 9.53. The van der Waals surface area contributed by atoms with Crippen molar-refractivity contribution in [3.8, 4) is 11.4 Å². The summed E-state index contributed by atoms with van der Waals surface area (Å²) in [5.41, 5.74) is 10.4. The monoisotopic (exact) mass is 455 g/mol. The maximum atomic E-state index is 14.3. The zero-order chi connectivity index (χ0) is 23.3. The van der Waals surface area contributed by atoms with E-state index in [1.54, 1.807) is 41.2 Å². The van der Waals surface area contributed by atoms with Crippen molar-refractivity contribution in [2.24, 2.45) is 15.7 Å². The van der Waals surface area contributed by atoms with Gasteiger partial charge in [-0.1, -0.05) is 53.7 Å². The number of hydrogen-bond acceptors (Lipinski definition) is 7. The van der Waals surface area contributed by atoms with Gasteiger partial charge in [-0.25, -0.2) is 14.4 Å². The van der Waals surface area contributed by atoms with Crippen LogP contribution >= 0.6 is 0 Å². The first kappa shape index (κ1) is 21.3. The van der Waals surface area contributed by atoms with Gasteiger partial charge >= 0.3 is 0 Å². The second-order valence-corrected chi connectivity index (χ2v) is 7.70. The van der Waals surface area contributed by atoms with Gasteiger partial charge in [0.1, 0.15) is 29.3 Å². The van der Waals surface area contributed by atoms with E-state index in [0.29, 0.717) is 47.3 Å². The first-order valence-electron chi connectivity index (χ1n) is 10.8. The largest absolute Gasteiger partial charge is 0.382 e. The van der Waals surface area contributed by atoms with Crippen LogP contribution in [-0.2, 0) is 13.1 Å². The van der Waals surface area contributed by atoms with Crippen molar-refractivity contribution >= 4 is 12.1 Å². The average molecular weight is 455 g/mol. The standard InChI is InChI=1S/C25H22FN7O/c26-19-9-5-4-8-18(19)16-33-23(20-11-13-34-32-20)14-22(31-33)25-28-12-10-21(24(27)30-25)29-15-17-6-2-1-3-7-17/h1-9,11-14,29H,10,15-16,27H2. The molecule has 0 aliphatic carbocycles. The van der Waals surface area contributed by atoms with Gasteiger partial charge < -0.3 is 15.6 Å². The predicted octanol–water partition coefficient (Wildman–Crippen LogP) is 3.86. The molecule has 0 unspecified atom stereocenters. The van der Waals surface area contributed by atoms with Gasteiger partial charge in [0.25, 0.3) is 0 Å². The third-order valence-electron chi connectivity index (χ3n) is 5.38. The van der Waals surface area contributed by atoms with Crippen LogP contribution in [-0.4, -0.2) is 27.0 Å². The van der Waals surface area contributed by atoms with E-state index < -0.39 is 0 Å². The number of aromatic nitrogens is 3. The van der Waals surface area contributed by atoms with Gasteiger partial charge in [-0.3, -0.25) is 4.68 Å². The number of amidine groups is 1. The zero-order valence-electron chi connectivity index (χ0n) is 18.2. The molecule has 34 heavy (non-hydrogen) atoms. The molecule has 3 heterocycles. The molecule has 4 aromatic rings. The van der Waals surface area contributed by atoms with Crippen LogP contribution < -0.4 is 11.1 Å². The van der Waals surface area contributed by atoms with Gasteiger partial charge in [0.15, 0.2) is 5.84 Å². The van der Waals surface area contributed by atoms with Gasteiger partial charge in [-0.05, 0) is 17.7 Å². The maximum Gasteiger partial charge on any atom is 0.181 e. The quantitative estimate of drug-likeness (QED) is 0.440. The van der Waals surface area contributed by atoms with E-state index in [0.717, 1.165) is 11.3 Å². The number of hydrogen-bond donors (Lipinski definition) is 2. The average Bonchev–Trinajstić information content (AvgIpc) is 3.49. The van der Waals surface area contributed by atoms with Crippen LogP contribution in [0.3, 0.4) is 0 Å².